The van der Waals surface area contributed by atoms with Gasteiger partial charge in [-0.05, 0) is 43.0 Å². The number of hydrogen-bond donors (Lipinski definition) is 2. The number of rotatable bonds is 7. The number of hydrogen-bond acceptors (Lipinski definition) is 4. The Kier molecular flexibility index (Phi) is 9.49. The second kappa shape index (κ2) is 11.1. The van der Waals surface area contributed by atoms with Crippen LogP contribution in [0.3, 0.4) is 0 Å². The standard InChI is InChI=1S/C17H23N5O.2ClH/c23-17(6-5-15-7-8-18-9-15)20-10-14-1-3-16(4-2-14)11-22-13-19-12-21-22;;/h1-4,12-13,15,18H,5-11H2,(H,20,23);2*1H. The summed E-state index contributed by atoms with van der Waals surface area (Å²) in [4.78, 5) is 15.8. The maximum absolute atomic E-state index is 11.9. The highest BCUT2D eigenvalue weighted by Crippen LogP contribution is 2.14. The molecule has 1 atom stereocenters. The zero-order valence-corrected chi connectivity index (χ0v) is 15.7. The van der Waals surface area contributed by atoms with E-state index in [0.29, 0.717) is 25.4 Å². The number of amides is 1. The van der Waals surface area contributed by atoms with E-state index < -0.39 is 0 Å². The fraction of sp³-hybridized carbons (Fsp3) is 0.471. The number of aromatic nitrogens is 3. The van der Waals surface area contributed by atoms with Crippen molar-refractivity contribution < 1.29 is 4.79 Å². The van der Waals surface area contributed by atoms with Gasteiger partial charge in [-0.3, -0.25) is 4.79 Å². The van der Waals surface area contributed by atoms with Gasteiger partial charge in [-0.2, -0.15) is 5.10 Å². The smallest absolute Gasteiger partial charge is 0.220 e. The molecule has 1 unspecified atom stereocenters. The monoisotopic (exact) mass is 385 g/mol. The molecule has 1 aromatic heterocycles. The van der Waals surface area contributed by atoms with Gasteiger partial charge in [0.1, 0.15) is 12.7 Å². The van der Waals surface area contributed by atoms with Gasteiger partial charge < -0.3 is 10.6 Å². The average molecular weight is 386 g/mol. The van der Waals surface area contributed by atoms with Crippen molar-refractivity contribution in [2.75, 3.05) is 13.1 Å². The van der Waals surface area contributed by atoms with E-state index >= 15 is 0 Å². The Bertz CT molecular complexity index is 612. The van der Waals surface area contributed by atoms with Crippen molar-refractivity contribution in [3.05, 3.63) is 48.0 Å². The Labute approximate surface area is 160 Å². The van der Waals surface area contributed by atoms with E-state index in [-0.39, 0.29) is 30.7 Å². The predicted molar refractivity (Wildman–Crippen MR) is 102 cm³/mol. The van der Waals surface area contributed by atoms with Gasteiger partial charge in [-0.15, -0.1) is 24.8 Å². The van der Waals surface area contributed by atoms with Crippen molar-refractivity contribution in [2.45, 2.75) is 32.4 Å². The molecular weight excluding hydrogens is 361 g/mol. The van der Waals surface area contributed by atoms with E-state index in [2.05, 4.69) is 32.8 Å². The molecule has 6 nitrogen and oxygen atoms in total. The highest BCUT2D eigenvalue weighted by molar-refractivity contribution is 5.85. The first-order valence-corrected chi connectivity index (χ1v) is 8.17. The first kappa shape index (κ1) is 21.4. The minimum absolute atomic E-state index is 0. The van der Waals surface area contributed by atoms with Crippen molar-refractivity contribution in [1.82, 2.24) is 25.4 Å². The van der Waals surface area contributed by atoms with Crippen LogP contribution in [0.4, 0.5) is 0 Å². The second-order valence-corrected chi connectivity index (χ2v) is 6.08. The van der Waals surface area contributed by atoms with Crippen LogP contribution < -0.4 is 10.6 Å². The summed E-state index contributed by atoms with van der Waals surface area (Å²) in [6.45, 7) is 3.45. The molecular formula is C17H25Cl2N5O. The predicted octanol–water partition coefficient (Wildman–Crippen LogP) is 2.18. The number of carbonyl (C=O) groups is 1. The summed E-state index contributed by atoms with van der Waals surface area (Å²) in [7, 11) is 0. The summed E-state index contributed by atoms with van der Waals surface area (Å²) < 4.78 is 1.79. The van der Waals surface area contributed by atoms with E-state index in [1.165, 1.54) is 18.3 Å². The molecule has 3 rings (SSSR count). The van der Waals surface area contributed by atoms with E-state index in [9.17, 15) is 4.79 Å². The summed E-state index contributed by atoms with van der Waals surface area (Å²) >= 11 is 0. The van der Waals surface area contributed by atoms with Crippen molar-refractivity contribution in [3.8, 4) is 0 Å². The minimum Gasteiger partial charge on any atom is -0.352 e. The number of carbonyl (C=O) groups excluding carboxylic acids is 1. The topological polar surface area (TPSA) is 71.8 Å². The molecule has 2 heterocycles. The van der Waals surface area contributed by atoms with Gasteiger partial charge in [0.2, 0.25) is 5.91 Å². The van der Waals surface area contributed by atoms with Gasteiger partial charge in [0.15, 0.2) is 0 Å². The van der Waals surface area contributed by atoms with Crippen LogP contribution in [0.1, 0.15) is 30.4 Å². The van der Waals surface area contributed by atoms with Gasteiger partial charge in [-0.25, -0.2) is 9.67 Å². The Morgan fingerprint density at radius 2 is 2.00 bits per heavy atom. The fourth-order valence-electron chi connectivity index (χ4n) is 2.85. The molecule has 2 N–H and O–H groups in total. The summed E-state index contributed by atoms with van der Waals surface area (Å²) in [6, 6.07) is 8.22. The van der Waals surface area contributed by atoms with Crippen LogP contribution in [-0.4, -0.2) is 33.8 Å². The molecule has 0 saturated carbocycles. The van der Waals surface area contributed by atoms with Crippen LogP contribution in [0.2, 0.25) is 0 Å². The van der Waals surface area contributed by atoms with Crippen LogP contribution in [0.5, 0.6) is 0 Å². The fourth-order valence-corrected chi connectivity index (χ4v) is 2.85. The summed E-state index contributed by atoms with van der Waals surface area (Å²) in [6.07, 6.45) is 6.03. The Morgan fingerprint density at radius 1 is 1.24 bits per heavy atom. The molecule has 1 aliphatic heterocycles. The van der Waals surface area contributed by atoms with Gasteiger partial charge in [-0.1, -0.05) is 24.3 Å². The minimum atomic E-state index is 0. The maximum Gasteiger partial charge on any atom is 0.220 e. The molecule has 25 heavy (non-hydrogen) atoms. The van der Waals surface area contributed by atoms with Crippen LogP contribution in [-0.2, 0) is 17.9 Å². The number of nitrogens with one attached hydrogen (secondary N) is 2. The van der Waals surface area contributed by atoms with Gasteiger partial charge in [0.05, 0.1) is 6.54 Å². The first-order chi connectivity index (χ1) is 11.3. The van der Waals surface area contributed by atoms with Crippen LogP contribution in [0.25, 0.3) is 0 Å². The zero-order chi connectivity index (χ0) is 15.9. The molecule has 1 aliphatic rings. The second-order valence-electron chi connectivity index (χ2n) is 6.08. The van der Waals surface area contributed by atoms with Gasteiger partial charge >= 0.3 is 0 Å². The largest absolute Gasteiger partial charge is 0.352 e. The molecule has 0 bridgehead atoms. The van der Waals surface area contributed by atoms with Gasteiger partial charge in [0, 0.05) is 13.0 Å². The molecule has 1 saturated heterocycles. The van der Waals surface area contributed by atoms with E-state index in [1.807, 2.05) is 12.1 Å². The first-order valence-electron chi connectivity index (χ1n) is 8.17. The molecule has 2 aromatic rings. The maximum atomic E-state index is 11.9. The van der Waals surface area contributed by atoms with Crippen LogP contribution >= 0.6 is 24.8 Å². The zero-order valence-electron chi connectivity index (χ0n) is 14.1. The molecule has 0 aliphatic carbocycles. The molecule has 0 spiro atoms. The molecule has 0 radical (unpaired) electrons. The van der Waals surface area contributed by atoms with Gasteiger partial charge in [0.25, 0.3) is 0 Å². The SMILES string of the molecule is Cl.Cl.O=C(CCC1CCNC1)NCc1ccc(Cn2cncn2)cc1. The average Bonchev–Trinajstić information content (AvgIpc) is 3.26. The third-order valence-corrected chi connectivity index (χ3v) is 4.27. The van der Waals surface area contributed by atoms with Crippen molar-refractivity contribution in [2.24, 2.45) is 5.92 Å². The number of benzene rings is 1. The third kappa shape index (κ3) is 7.02. The van der Waals surface area contributed by atoms with Crippen molar-refractivity contribution in [1.29, 1.82) is 0 Å². The third-order valence-electron chi connectivity index (χ3n) is 4.27. The molecule has 1 amide bonds. The lowest BCUT2D eigenvalue weighted by Crippen LogP contribution is -2.23. The molecule has 1 aromatic carbocycles. The number of halogens is 2. The molecule has 8 heteroatoms. The highest BCUT2D eigenvalue weighted by atomic mass is 35.5. The molecule has 138 valence electrons. The Balaban J connectivity index is 0.00000156. The summed E-state index contributed by atoms with van der Waals surface area (Å²) in [5, 5.41) is 10.4. The normalized spacial score (nSPS) is 15.9. The lowest BCUT2D eigenvalue weighted by molar-refractivity contribution is -0.121. The number of nitrogens with zero attached hydrogens (tertiary/aromatic N) is 3. The lowest BCUT2D eigenvalue weighted by Gasteiger charge is -2.09. The van der Waals surface area contributed by atoms with Crippen LogP contribution in [0.15, 0.2) is 36.9 Å². The highest BCUT2D eigenvalue weighted by Gasteiger charge is 2.15. The van der Waals surface area contributed by atoms with Crippen molar-refractivity contribution >= 4 is 30.7 Å². The quantitative estimate of drug-likeness (QED) is 0.765. The summed E-state index contributed by atoms with van der Waals surface area (Å²) in [5.74, 6) is 0.806. The Hall–Kier alpha value is -1.63. The lowest BCUT2D eigenvalue weighted by atomic mass is 10.0. The van der Waals surface area contributed by atoms with E-state index in [0.717, 1.165) is 25.1 Å². The van der Waals surface area contributed by atoms with E-state index in [1.54, 1.807) is 11.0 Å². The van der Waals surface area contributed by atoms with E-state index in [4.69, 9.17) is 0 Å². The molecule has 1 fully saturated rings. The van der Waals surface area contributed by atoms with Crippen molar-refractivity contribution in [3.63, 3.8) is 0 Å². The Morgan fingerprint density at radius 3 is 2.64 bits per heavy atom. The van der Waals surface area contributed by atoms with Crippen LogP contribution in [0, 0.1) is 5.92 Å². The summed E-state index contributed by atoms with van der Waals surface area (Å²) in [5.41, 5.74) is 2.28.